The van der Waals surface area contributed by atoms with E-state index < -0.39 is 28.6 Å². The number of rotatable bonds is 4. The van der Waals surface area contributed by atoms with E-state index in [-0.39, 0.29) is 37.4 Å². The molecule has 1 aromatic rings. The van der Waals surface area contributed by atoms with Crippen LogP contribution < -0.4 is 5.73 Å². The van der Waals surface area contributed by atoms with Crippen LogP contribution in [0.15, 0.2) is 12.1 Å². The molecule has 0 saturated heterocycles. The van der Waals surface area contributed by atoms with E-state index in [9.17, 15) is 17.6 Å². The lowest BCUT2D eigenvalue weighted by atomic mass is 10.00. The molecule has 19 heavy (non-hydrogen) atoms. The molecule has 8 heteroatoms. The number of hydrogen-bond donors (Lipinski definition) is 2. The van der Waals surface area contributed by atoms with Crippen LogP contribution in [0, 0.1) is 5.82 Å². The molecular formula is C11H13Cl2F4NO. The molecule has 1 rings (SSSR count). The second-order valence-corrected chi connectivity index (χ2v) is 4.24. The molecule has 0 aliphatic carbocycles. The van der Waals surface area contributed by atoms with Gasteiger partial charge in [0.25, 0.3) is 0 Å². The van der Waals surface area contributed by atoms with Gasteiger partial charge >= 0.3 is 6.18 Å². The Morgan fingerprint density at radius 3 is 2.37 bits per heavy atom. The Morgan fingerprint density at radius 2 is 1.89 bits per heavy atom. The van der Waals surface area contributed by atoms with Gasteiger partial charge in [0.15, 0.2) is 0 Å². The van der Waals surface area contributed by atoms with E-state index in [0.29, 0.717) is 12.1 Å². The van der Waals surface area contributed by atoms with Crippen molar-refractivity contribution < 1.29 is 22.7 Å². The summed E-state index contributed by atoms with van der Waals surface area (Å²) in [6.45, 7) is -0.165. The number of aliphatic hydroxyl groups excluding tert-OH is 1. The molecule has 0 saturated carbocycles. The summed E-state index contributed by atoms with van der Waals surface area (Å²) < 4.78 is 51.2. The average Bonchev–Trinajstić information content (AvgIpc) is 2.27. The van der Waals surface area contributed by atoms with Gasteiger partial charge in [0.2, 0.25) is 0 Å². The van der Waals surface area contributed by atoms with Crippen LogP contribution in [-0.2, 0) is 6.18 Å². The Labute approximate surface area is 119 Å². The van der Waals surface area contributed by atoms with Gasteiger partial charge in [-0.15, -0.1) is 12.4 Å². The van der Waals surface area contributed by atoms with Crippen molar-refractivity contribution in [2.75, 3.05) is 6.61 Å². The summed E-state index contributed by atoms with van der Waals surface area (Å²) in [6, 6.07) is 0.250. The van der Waals surface area contributed by atoms with E-state index in [0.717, 1.165) is 0 Å². The first kappa shape index (κ1) is 18.4. The summed E-state index contributed by atoms with van der Waals surface area (Å²) in [5, 5.41) is 8.00. The molecule has 0 heterocycles. The second kappa shape index (κ2) is 7.28. The monoisotopic (exact) mass is 321 g/mol. The number of nitrogens with two attached hydrogens (primary N) is 1. The van der Waals surface area contributed by atoms with Crippen LogP contribution in [0.5, 0.6) is 0 Å². The van der Waals surface area contributed by atoms with Gasteiger partial charge in [0.1, 0.15) is 5.82 Å². The van der Waals surface area contributed by atoms with Gasteiger partial charge in [-0.05, 0) is 25.0 Å². The zero-order chi connectivity index (χ0) is 13.9. The lowest BCUT2D eigenvalue weighted by Gasteiger charge is -2.16. The van der Waals surface area contributed by atoms with Crippen molar-refractivity contribution in [2.45, 2.75) is 25.1 Å². The zero-order valence-electron chi connectivity index (χ0n) is 9.68. The fourth-order valence-corrected chi connectivity index (χ4v) is 1.74. The van der Waals surface area contributed by atoms with E-state index >= 15 is 0 Å². The largest absolute Gasteiger partial charge is 0.416 e. The van der Waals surface area contributed by atoms with Gasteiger partial charge in [0, 0.05) is 18.2 Å². The Balaban J connectivity index is 0.00000324. The first-order chi connectivity index (χ1) is 8.27. The molecular weight excluding hydrogens is 309 g/mol. The average molecular weight is 322 g/mol. The Morgan fingerprint density at radius 1 is 1.32 bits per heavy atom. The van der Waals surface area contributed by atoms with E-state index in [2.05, 4.69) is 0 Å². The molecule has 0 unspecified atom stereocenters. The molecule has 1 atom stereocenters. The van der Waals surface area contributed by atoms with Crippen LogP contribution >= 0.6 is 24.0 Å². The molecule has 2 nitrogen and oxygen atoms in total. The lowest BCUT2D eigenvalue weighted by Crippen LogP contribution is -2.15. The summed E-state index contributed by atoms with van der Waals surface area (Å²) in [6.07, 6.45) is -4.16. The third kappa shape index (κ3) is 4.80. The van der Waals surface area contributed by atoms with Gasteiger partial charge in [-0.25, -0.2) is 4.39 Å². The highest BCUT2D eigenvalue weighted by molar-refractivity contribution is 6.30. The number of alkyl halides is 3. The van der Waals surface area contributed by atoms with Crippen molar-refractivity contribution in [1.82, 2.24) is 0 Å². The first-order valence-electron chi connectivity index (χ1n) is 5.20. The van der Waals surface area contributed by atoms with Gasteiger partial charge in [-0.2, -0.15) is 13.2 Å². The first-order valence-corrected chi connectivity index (χ1v) is 5.57. The predicted molar refractivity (Wildman–Crippen MR) is 66.9 cm³/mol. The Bertz CT molecular complexity index is 426. The van der Waals surface area contributed by atoms with Crippen LogP contribution in [0.1, 0.15) is 30.0 Å². The van der Waals surface area contributed by atoms with Crippen molar-refractivity contribution in [3.63, 3.8) is 0 Å². The second-order valence-electron chi connectivity index (χ2n) is 3.83. The van der Waals surface area contributed by atoms with Crippen molar-refractivity contribution in [3.8, 4) is 0 Å². The van der Waals surface area contributed by atoms with Crippen LogP contribution in [-0.4, -0.2) is 11.7 Å². The zero-order valence-corrected chi connectivity index (χ0v) is 11.2. The summed E-state index contributed by atoms with van der Waals surface area (Å²) in [5.41, 5.74) is 4.26. The third-order valence-electron chi connectivity index (χ3n) is 2.46. The topological polar surface area (TPSA) is 46.2 Å². The minimum Gasteiger partial charge on any atom is -0.396 e. The molecule has 0 aromatic heterocycles. The Kier molecular flexibility index (Phi) is 7.07. The van der Waals surface area contributed by atoms with E-state index in [4.69, 9.17) is 22.4 Å². The van der Waals surface area contributed by atoms with Crippen LogP contribution in [0.4, 0.5) is 17.6 Å². The van der Waals surface area contributed by atoms with Crippen molar-refractivity contribution in [2.24, 2.45) is 5.73 Å². The molecule has 0 bridgehead atoms. The van der Waals surface area contributed by atoms with Gasteiger partial charge in [-0.3, -0.25) is 0 Å². The molecule has 0 amide bonds. The standard InChI is InChI=1S/C11H12ClF4NO.ClH/c12-8-5-6(11(14,15)16)4-7(10(8)13)9(17)2-1-3-18;/h4-5,9,18H,1-3,17H2;1H/t9-;/m1./s1. The molecule has 0 radical (unpaired) electrons. The normalized spacial score (nSPS) is 13.0. The minimum absolute atomic E-state index is 0. The fraction of sp³-hybridized carbons (Fsp3) is 0.455. The number of aliphatic hydroxyl groups is 1. The molecule has 3 N–H and O–H groups in total. The molecule has 0 spiro atoms. The maximum atomic E-state index is 13.6. The number of hydrogen-bond acceptors (Lipinski definition) is 2. The molecule has 110 valence electrons. The van der Waals surface area contributed by atoms with Gasteiger partial charge in [-0.1, -0.05) is 11.6 Å². The molecule has 0 aliphatic rings. The van der Waals surface area contributed by atoms with E-state index in [1.54, 1.807) is 0 Å². The van der Waals surface area contributed by atoms with Crippen LogP contribution in [0.3, 0.4) is 0 Å². The van der Waals surface area contributed by atoms with E-state index in [1.807, 2.05) is 0 Å². The van der Waals surface area contributed by atoms with Crippen molar-refractivity contribution in [1.29, 1.82) is 0 Å². The van der Waals surface area contributed by atoms with Crippen LogP contribution in [0.25, 0.3) is 0 Å². The maximum absolute atomic E-state index is 13.6. The highest BCUT2D eigenvalue weighted by atomic mass is 35.5. The van der Waals surface area contributed by atoms with Gasteiger partial charge in [0.05, 0.1) is 10.6 Å². The van der Waals surface area contributed by atoms with Crippen molar-refractivity contribution >= 4 is 24.0 Å². The summed E-state index contributed by atoms with van der Waals surface area (Å²) in [5.74, 6) is -0.949. The highest BCUT2D eigenvalue weighted by Gasteiger charge is 2.32. The minimum atomic E-state index is -4.61. The van der Waals surface area contributed by atoms with Gasteiger partial charge < -0.3 is 10.8 Å². The smallest absolute Gasteiger partial charge is 0.396 e. The number of benzene rings is 1. The maximum Gasteiger partial charge on any atom is 0.416 e. The SMILES string of the molecule is Cl.N[C@H](CCCO)c1cc(C(F)(F)F)cc(Cl)c1F. The molecule has 0 aliphatic heterocycles. The third-order valence-corrected chi connectivity index (χ3v) is 2.73. The summed E-state index contributed by atoms with van der Waals surface area (Å²) in [7, 11) is 0. The van der Waals surface area contributed by atoms with Crippen molar-refractivity contribution in [3.05, 3.63) is 34.1 Å². The van der Waals surface area contributed by atoms with Crippen LogP contribution in [0.2, 0.25) is 5.02 Å². The predicted octanol–water partition coefficient (Wildman–Crippen LogP) is 3.69. The molecule has 1 aromatic carbocycles. The lowest BCUT2D eigenvalue weighted by molar-refractivity contribution is -0.137. The highest BCUT2D eigenvalue weighted by Crippen LogP contribution is 2.35. The Hall–Kier alpha value is -0.560. The summed E-state index contributed by atoms with van der Waals surface area (Å²) in [4.78, 5) is 0. The number of halogens is 6. The fourth-order valence-electron chi connectivity index (χ4n) is 1.51. The summed E-state index contributed by atoms with van der Waals surface area (Å²) >= 11 is 5.42. The van der Waals surface area contributed by atoms with E-state index in [1.165, 1.54) is 0 Å². The molecule has 0 fully saturated rings. The quantitative estimate of drug-likeness (QED) is 0.831.